The van der Waals surface area contributed by atoms with Crippen LogP contribution in [0.25, 0.3) is 17.2 Å². The van der Waals surface area contributed by atoms with Gasteiger partial charge in [-0.15, -0.1) is 20.4 Å². The quantitative estimate of drug-likeness (QED) is 0.292. The highest BCUT2D eigenvalue weighted by Crippen LogP contribution is 2.25. The molecule has 0 saturated heterocycles. The van der Waals surface area contributed by atoms with Gasteiger partial charge in [-0.2, -0.15) is 10.3 Å². The van der Waals surface area contributed by atoms with Crippen molar-refractivity contribution in [1.82, 2.24) is 40.6 Å². The van der Waals surface area contributed by atoms with E-state index in [1.165, 1.54) is 0 Å². The molecule has 5 rings (SSSR count). The van der Waals surface area contributed by atoms with E-state index in [9.17, 15) is 12.8 Å². The standard InChI is InChI=1S/C23H21FN10O2S/c1-13-14(2)30-34(15(13)3)22-11-10-21(26-27-22)25-16-4-6-17(7-5-16)31-37(35,36)18-8-9-20(24)19(12-18)23-28-32-33-29-23/h4-12,31H,1-3H3,(H,25,26)(H,28,29,32,33). The third-order valence-corrected chi connectivity index (χ3v) is 7.14. The van der Waals surface area contributed by atoms with Crippen molar-refractivity contribution in [1.29, 1.82) is 0 Å². The average molecular weight is 521 g/mol. The van der Waals surface area contributed by atoms with Gasteiger partial charge < -0.3 is 5.32 Å². The summed E-state index contributed by atoms with van der Waals surface area (Å²) in [5.41, 5.74) is 3.94. The number of anilines is 3. The number of aryl methyl sites for hydroxylation is 1. The number of nitrogens with zero attached hydrogens (tertiary/aromatic N) is 7. The summed E-state index contributed by atoms with van der Waals surface area (Å²) < 4.78 is 44.1. The van der Waals surface area contributed by atoms with Crippen molar-refractivity contribution in [3.05, 3.63) is 77.4 Å². The topological polar surface area (TPSA) is 156 Å². The van der Waals surface area contributed by atoms with Gasteiger partial charge in [0.15, 0.2) is 11.6 Å². The molecule has 0 atom stereocenters. The minimum absolute atomic E-state index is 0.0499. The summed E-state index contributed by atoms with van der Waals surface area (Å²) in [5.74, 6) is 0.394. The Labute approximate surface area is 211 Å². The number of hydrogen-bond donors (Lipinski definition) is 3. The van der Waals surface area contributed by atoms with Crippen molar-refractivity contribution in [2.24, 2.45) is 0 Å². The SMILES string of the molecule is Cc1nn(-c2ccc(Nc3ccc(NS(=O)(=O)c4ccc(F)c(-c5nn[nH]n5)c4)cc3)nn2)c(C)c1C. The van der Waals surface area contributed by atoms with Crippen molar-refractivity contribution in [3.8, 4) is 17.2 Å². The predicted octanol–water partition coefficient (Wildman–Crippen LogP) is 3.45. The molecule has 0 aliphatic rings. The van der Waals surface area contributed by atoms with E-state index >= 15 is 0 Å². The third-order valence-electron chi connectivity index (χ3n) is 5.76. The lowest BCUT2D eigenvalue weighted by Crippen LogP contribution is -2.13. The third kappa shape index (κ3) is 4.86. The molecule has 0 bridgehead atoms. The Morgan fingerprint density at radius 2 is 1.68 bits per heavy atom. The minimum Gasteiger partial charge on any atom is -0.339 e. The fraction of sp³-hybridized carbons (Fsp3) is 0.130. The van der Waals surface area contributed by atoms with E-state index in [1.807, 2.05) is 26.8 Å². The monoisotopic (exact) mass is 520 g/mol. The van der Waals surface area contributed by atoms with Crippen LogP contribution in [-0.4, -0.2) is 49.0 Å². The van der Waals surface area contributed by atoms with Gasteiger partial charge in [0, 0.05) is 17.1 Å². The highest BCUT2D eigenvalue weighted by molar-refractivity contribution is 7.92. The smallest absolute Gasteiger partial charge is 0.261 e. The Morgan fingerprint density at radius 1 is 0.919 bits per heavy atom. The van der Waals surface area contributed by atoms with E-state index in [0.29, 0.717) is 23.0 Å². The van der Waals surface area contributed by atoms with Crippen LogP contribution in [0.3, 0.4) is 0 Å². The number of tetrazole rings is 1. The van der Waals surface area contributed by atoms with Gasteiger partial charge in [0.1, 0.15) is 5.82 Å². The summed E-state index contributed by atoms with van der Waals surface area (Å²) in [5, 5.41) is 29.1. The van der Waals surface area contributed by atoms with Gasteiger partial charge in [0.25, 0.3) is 10.0 Å². The number of sulfonamides is 1. The molecule has 0 amide bonds. The van der Waals surface area contributed by atoms with Crippen molar-refractivity contribution in [3.63, 3.8) is 0 Å². The molecule has 0 spiro atoms. The van der Waals surface area contributed by atoms with Crippen LogP contribution in [0.2, 0.25) is 0 Å². The first-order valence-corrected chi connectivity index (χ1v) is 12.5. The fourth-order valence-electron chi connectivity index (χ4n) is 3.55. The normalized spacial score (nSPS) is 11.5. The molecule has 0 aliphatic heterocycles. The summed E-state index contributed by atoms with van der Waals surface area (Å²) >= 11 is 0. The van der Waals surface area contributed by atoms with Gasteiger partial charge in [0.2, 0.25) is 5.82 Å². The van der Waals surface area contributed by atoms with Crippen LogP contribution >= 0.6 is 0 Å². The maximum absolute atomic E-state index is 14.2. The van der Waals surface area contributed by atoms with Crippen LogP contribution in [0.4, 0.5) is 21.6 Å². The van der Waals surface area contributed by atoms with Crippen molar-refractivity contribution in [2.75, 3.05) is 10.0 Å². The zero-order valence-electron chi connectivity index (χ0n) is 19.9. The Morgan fingerprint density at radius 3 is 2.30 bits per heavy atom. The van der Waals surface area contributed by atoms with Crippen LogP contribution in [0, 0.1) is 26.6 Å². The summed E-state index contributed by atoms with van der Waals surface area (Å²) in [6.07, 6.45) is 0. The molecule has 0 fully saturated rings. The van der Waals surface area contributed by atoms with Gasteiger partial charge in [0.05, 0.1) is 16.2 Å². The van der Waals surface area contributed by atoms with E-state index in [4.69, 9.17) is 0 Å². The lowest BCUT2D eigenvalue weighted by atomic mass is 10.2. The Hall–Kier alpha value is -4.72. The van der Waals surface area contributed by atoms with Gasteiger partial charge in [-0.25, -0.2) is 17.5 Å². The van der Waals surface area contributed by atoms with E-state index < -0.39 is 15.8 Å². The van der Waals surface area contributed by atoms with Crippen LogP contribution in [0.1, 0.15) is 17.0 Å². The molecule has 0 saturated carbocycles. The molecular formula is C23H21FN10O2S. The summed E-state index contributed by atoms with van der Waals surface area (Å²) in [6.45, 7) is 5.93. The van der Waals surface area contributed by atoms with Crippen LogP contribution in [-0.2, 0) is 10.0 Å². The number of aromatic nitrogens is 8. The molecule has 3 heterocycles. The number of rotatable bonds is 7. The van der Waals surface area contributed by atoms with Crippen molar-refractivity contribution in [2.45, 2.75) is 25.7 Å². The lowest BCUT2D eigenvalue weighted by Gasteiger charge is -2.11. The first-order valence-electron chi connectivity index (χ1n) is 11.0. The first-order chi connectivity index (χ1) is 17.7. The molecule has 2 aromatic carbocycles. The molecule has 3 N–H and O–H groups in total. The first kappa shape index (κ1) is 24.0. The molecule has 37 heavy (non-hydrogen) atoms. The number of nitrogens with one attached hydrogen (secondary N) is 3. The highest BCUT2D eigenvalue weighted by Gasteiger charge is 2.19. The van der Waals surface area contributed by atoms with E-state index in [-0.39, 0.29) is 16.3 Å². The molecule has 0 radical (unpaired) electrons. The zero-order chi connectivity index (χ0) is 26.2. The molecule has 12 nitrogen and oxygen atoms in total. The van der Waals surface area contributed by atoms with Gasteiger partial charge in [-0.1, -0.05) is 0 Å². The number of H-pyrrole nitrogens is 1. The Balaban J connectivity index is 1.28. The van der Waals surface area contributed by atoms with Crippen LogP contribution in [0.15, 0.2) is 59.5 Å². The van der Waals surface area contributed by atoms with Crippen molar-refractivity contribution >= 4 is 27.2 Å². The molecule has 0 unspecified atom stereocenters. The molecule has 0 aliphatic carbocycles. The fourth-order valence-corrected chi connectivity index (χ4v) is 4.64. The Bertz CT molecular complexity index is 1670. The Kier molecular flexibility index (Phi) is 6.09. The van der Waals surface area contributed by atoms with Gasteiger partial charge in [-0.05, 0) is 86.1 Å². The number of benzene rings is 2. The van der Waals surface area contributed by atoms with Crippen molar-refractivity contribution < 1.29 is 12.8 Å². The van der Waals surface area contributed by atoms with E-state index in [1.54, 1.807) is 35.0 Å². The maximum Gasteiger partial charge on any atom is 0.261 e. The molecule has 188 valence electrons. The van der Waals surface area contributed by atoms with Gasteiger partial charge in [-0.3, -0.25) is 4.72 Å². The van der Waals surface area contributed by atoms with E-state index in [0.717, 1.165) is 35.2 Å². The summed E-state index contributed by atoms with van der Waals surface area (Å²) in [4.78, 5) is -0.149. The number of halogens is 1. The average Bonchev–Trinajstić information content (AvgIpc) is 3.51. The second-order valence-electron chi connectivity index (χ2n) is 8.17. The van der Waals surface area contributed by atoms with E-state index in [2.05, 4.69) is 46.0 Å². The maximum atomic E-state index is 14.2. The lowest BCUT2D eigenvalue weighted by molar-refractivity contribution is 0.600. The molecule has 3 aromatic heterocycles. The largest absolute Gasteiger partial charge is 0.339 e. The predicted molar refractivity (Wildman–Crippen MR) is 133 cm³/mol. The summed E-state index contributed by atoms with van der Waals surface area (Å²) in [7, 11) is -4.01. The van der Waals surface area contributed by atoms with Crippen LogP contribution < -0.4 is 10.0 Å². The molecule has 5 aromatic rings. The number of aromatic amines is 1. The second-order valence-corrected chi connectivity index (χ2v) is 9.85. The minimum atomic E-state index is -4.01. The van der Waals surface area contributed by atoms with Crippen LogP contribution in [0.5, 0.6) is 0 Å². The zero-order valence-corrected chi connectivity index (χ0v) is 20.7. The second kappa shape index (κ2) is 9.39. The summed E-state index contributed by atoms with van der Waals surface area (Å²) in [6, 6.07) is 13.5. The molecule has 14 heteroatoms. The molecular weight excluding hydrogens is 499 g/mol. The highest BCUT2D eigenvalue weighted by atomic mass is 32.2. The number of hydrogen-bond acceptors (Lipinski definition) is 9. The van der Waals surface area contributed by atoms with Gasteiger partial charge >= 0.3 is 0 Å².